The van der Waals surface area contributed by atoms with Crippen LogP contribution in [0.25, 0.3) is 0 Å². The number of phenols is 1. The van der Waals surface area contributed by atoms with Crippen LogP contribution in [0.2, 0.25) is 5.02 Å². The van der Waals surface area contributed by atoms with Crippen LogP contribution in [0, 0.1) is 0 Å². The lowest BCUT2D eigenvalue weighted by Gasteiger charge is -2.34. The molecule has 1 aromatic rings. The van der Waals surface area contributed by atoms with Crippen LogP contribution in [0.3, 0.4) is 0 Å². The summed E-state index contributed by atoms with van der Waals surface area (Å²) >= 11 is 9.18. The molecule has 0 saturated carbocycles. The Hall–Kier alpha value is -1.73. The summed E-state index contributed by atoms with van der Waals surface area (Å²) in [6.07, 6.45) is 1.28. The number of carbonyl (C=O) groups excluding carboxylic acids is 2. The van der Waals surface area contributed by atoms with E-state index in [9.17, 15) is 14.7 Å². The number of hydrogen-bond acceptors (Lipinski definition) is 4. The van der Waals surface area contributed by atoms with Crippen LogP contribution in [0.1, 0.15) is 0 Å². The molecule has 8 heteroatoms. The summed E-state index contributed by atoms with van der Waals surface area (Å²) in [7, 11) is 0. The second-order valence-electron chi connectivity index (χ2n) is 5.05. The number of rotatable bonds is 4. The van der Waals surface area contributed by atoms with Crippen molar-refractivity contribution >= 4 is 45.0 Å². The number of anilines is 1. The van der Waals surface area contributed by atoms with E-state index < -0.39 is 0 Å². The Kier molecular flexibility index (Phi) is 5.90. The summed E-state index contributed by atoms with van der Waals surface area (Å²) in [5.74, 6) is -0.214. The van der Waals surface area contributed by atoms with E-state index in [1.807, 2.05) is 0 Å². The molecule has 0 aliphatic carbocycles. The summed E-state index contributed by atoms with van der Waals surface area (Å²) in [4.78, 5) is 27.0. The minimum absolute atomic E-state index is 0.00970. The van der Waals surface area contributed by atoms with Gasteiger partial charge in [0.05, 0.1) is 17.3 Å². The van der Waals surface area contributed by atoms with E-state index in [0.717, 1.165) is 0 Å². The average molecular weight is 403 g/mol. The van der Waals surface area contributed by atoms with Crippen molar-refractivity contribution in [2.45, 2.75) is 0 Å². The molecule has 1 aliphatic heterocycles. The van der Waals surface area contributed by atoms with E-state index in [1.54, 1.807) is 15.9 Å². The molecular weight excluding hydrogens is 386 g/mol. The molecule has 6 nitrogen and oxygen atoms in total. The molecular formula is C15H17BrClN3O3. The summed E-state index contributed by atoms with van der Waals surface area (Å²) in [5.41, 5.74) is 0.395. The molecule has 0 unspecified atom stereocenters. The molecule has 2 amide bonds. The van der Waals surface area contributed by atoms with Crippen LogP contribution < -0.4 is 5.32 Å². The average Bonchev–Trinajstić information content (AvgIpc) is 2.56. The molecule has 1 aliphatic rings. The highest BCUT2D eigenvalue weighted by atomic mass is 79.9. The maximum Gasteiger partial charge on any atom is 0.246 e. The van der Waals surface area contributed by atoms with Gasteiger partial charge in [0.15, 0.2) is 0 Å². The highest BCUT2D eigenvalue weighted by molar-refractivity contribution is 9.10. The second kappa shape index (κ2) is 7.70. The van der Waals surface area contributed by atoms with Crippen molar-refractivity contribution in [1.29, 1.82) is 0 Å². The van der Waals surface area contributed by atoms with Gasteiger partial charge < -0.3 is 20.2 Å². The lowest BCUT2D eigenvalue weighted by atomic mass is 10.2. The zero-order valence-corrected chi connectivity index (χ0v) is 14.7. The molecule has 23 heavy (non-hydrogen) atoms. The molecule has 0 bridgehead atoms. The van der Waals surface area contributed by atoms with Crippen molar-refractivity contribution in [3.05, 3.63) is 34.3 Å². The lowest BCUT2D eigenvalue weighted by molar-refractivity contribution is -0.135. The summed E-state index contributed by atoms with van der Waals surface area (Å²) in [6, 6.07) is 3.02. The molecule has 1 heterocycles. The van der Waals surface area contributed by atoms with E-state index in [2.05, 4.69) is 27.8 Å². The maximum absolute atomic E-state index is 12.2. The predicted molar refractivity (Wildman–Crippen MR) is 92.7 cm³/mol. The lowest BCUT2D eigenvalue weighted by Crippen LogP contribution is -2.51. The third kappa shape index (κ3) is 4.39. The largest absolute Gasteiger partial charge is 0.506 e. The highest BCUT2D eigenvalue weighted by Gasteiger charge is 2.22. The topological polar surface area (TPSA) is 72.9 Å². The summed E-state index contributed by atoms with van der Waals surface area (Å²) in [6.45, 7) is 5.44. The molecule has 1 aromatic carbocycles. The van der Waals surface area contributed by atoms with Gasteiger partial charge in [0.1, 0.15) is 5.75 Å². The van der Waals surface area contributed by atoms with E-state index >= 15 is 0 Å². The Morgan fingerprint density at radius 2 is 1.91 bits per heavy atom. The number of aromatic hydroxyl groups is 1. The Morgan fingerprint density at radius 1 is 1.30 bits per heavy atom. The van der Waals surface area contributed by atoms with Gasteiger partial charge in [-0.05, 0) is 34.1 Å². The Balaban J connectivity index is 1.88. The van der Waals surface area contributed by atoms with E-state index in [-0.39, 0.29) is 24.1 Å². The van der Waals surface area contributed by atoms with E-state index in [1.165, 1.54) is 12.1 Å². The van der Waals surface area contributed by atoms with Crippen LogP contribution >= 0.6 is 27.5 Å². The van der Waals surface area contributed by atoms with Gasteiger partial charge in [-0.1, -0.05) is 18.2 Å². The Labute approximate surface area is 147 Å². The molecule has 1 fully saturated rings. The van der Waals surface area contributed by atoms with E-state index in [4.69, 9.17) is 11.6 Å². The monoisotopic (exact) mass is 401 g/mol. The number of amides is 2. The molecule has 2 N–H and O–H groups in total. The van der Waals surface area contributed by atoms with E-state index in [0.29, 0.717) is 41.4 Å². The second-order valence-corrected chi connectivity index (χ2v) is 6.31. The SMILES string of the molecule is C=CC(=O)N1CCN(C(=O)CNc2cc(Cl)c(Br)cc2O)CC1. The van der Waals surface area contributed by atoms with Gasteiger partial charge in [-0.2, -0.15) is 0 Å². The zero-order chi connectivity index (χ0) is 17.0. The number of halogens is 2. The molecule has 124 valence electrons. The molecule has 0 aromatic heterocycles. The van der Waals surface area contributed by atoms with Crippen LogP contribution in [0.4, 0.5) is 5.69 Å². The van der Waals surface area contributed by atoms with Crippen molar-refractivity contribution in [2.75, 3.05) is 38.0 Å². The first-order valence-corrected chi connectivity index (χ1v) is 8.20. The summed E-state index contributed by atoms with van der Waals surface area (Å²) in [5, 5.41) is 13.2. The first-order valence-electron chi connectivity index (χ1n) is 7.03. The predicted octanol–water partition coefficient (Wildman–Crippen LogP) is 2.08. The van der Waals surface area contributed by atoms with Gasteiger partial charge in [0, 0.05) is 30.7 Å². The van der Waals surface area contributed by atoms with Crippen molar-refractivity contribution in [2.24, 2.45) is 0 Å². The van der Waals surface area contributed by atoms with Gasteiger partial charge >= 0.3 is 0 Å². The normalized spacial score (nSPS) is 14.5. The summed E-state index contributed by atoms with van der Waals surface area (Å²) < 4.78 is 0.580. The molecule has 0 radical (unpaired) electrons. The minimum Gasteiger partial charge on any atom is -0.506 e. The maximum atomic E-state index is 12.2. The van der Waals surface area contributed by atoms with Crippen molar-refractivity contribution in [3.8, 4) is 5.75 Å². The molecule has 0 spiro atoms. The molecule has 1 saturated heterocycles. The number of nitrogens with one attached hydrogen (secondary N) is 1. The molecule has 0 atom stereocenters. The Morgan fingerprint density at radius 3 is 2.52 bits per heavy atom. The van der Waals surface area contributed by atoms with Gasteiger partial charge in [0.25, 0.3) is 0 Å². The smallest absolute Gasteiger partial charge is 0.246 e. The Bertz CT molecular complexity index is 631. The van der Waals surface area contributed by atoms with Crippen molar-refractivity contribution < 1.29 is 14.7 Å². The first-order chi connectivity index (χ1) is 10.9. The quantitative estimate of drug-likeness (QED) is 0.597. The third-order valence-electron chi connectivity index (χ3n) is 3.59. The van der Waals surface area contributed by atoms with Gasteiger partial charge in [-0.25, -0.2) is 0 Å². The number of carbonyl (C=O) groups is 2. The van der Waals surface area contributed by atoms with Crippen LogP contribution in [0.15, 0.2) is 29.3 Å². The number of benzene rings is 1. The van der Waals surface area contributed by atoms with Gasteiger partial charge in [0.2, 0.25) is 11.8 Å². The number of piperazine rings is 1. The number of phenolic OH excluding ortho intramolecular Hbond substituents is 1. The minimum atomic E-state index is -0.121. The van der Waals surface area contributed by atoms with Crippen molar-refractivity contribution in [3.63, 3.8) is 0 Å². The zero-order valence-electron chi connectivity index (χ0n) is 12.4. The molecule has 2 rings (SSSR count). The van der Waals surface area contributed by atoms with Crippen LogP contribution in [-0.2, 0) is 9.59 Å². The number of hydrogen-bond donors (Lipinski definition) is 2. The van der Waals surface area contributed by atoms with Crippen molar-refractivity contribution in [1.82, 2.24) is 9.80 Å². The fourth-order valence-electron chi connectivity index (χ4n) is 2.27. The fraction of sp³-hybridized carbons (Fsp3) is 0.333. The first kappa shape index (κ1) is 17.6. The van der Waals surface area contributed by atoms with Gasteiger partial charge in [-0.15, -0.1) is 0 Å². The van der Waals surface area contributed by atoms with Crippen LogP contribution in [-0.4, -0.2) is 59.4 Å². The van der Waals surface area contributed by atoms with Crippen LogP contribution in [0.5, 0.6) is 5.75 Å². The third-order valence-corrected chi connectivity index (χ3v) is 4.78. The number of nitrogens with zero attached hydrogens (tertiary/aromatic N) is 2. The fourth-order valence-corrected chi connectivity index (χ4v) is 2.76. The highest BCUT2D eigenvalue weighted by Crippen LogP contribution is 2.33. The standard InChI is InChI=1S/C15H17BrClN3O3/c1-2-14(22)19-3-5-20(6-4-19)15(23)9-18-12-8-11(17)10(16)7-13(12)21/h2,7-8,18,21H,1,3-6,9H2. The van der Waals surface area contributed by atoms with Gasteiger partial charge in [-0.3, -0.25) is 9.59 Å².